The molecule has 74 heavy (non-hydrogen) atoms. The van der Waals surface area contributed by atoms with E-state index in [2.05, 4.69) is 99.8 Å². The highest BCUT2D eigenvalue weighted by Gasteiger charge is 2.55. The monoisotopic (exact) mass is 1030 g/mol. The summed E-state index contributed by atoms with van der Waals surface area (Å²) >= 11 is 0. The van der Waals surface area contributed by atoms with Crippen molar-refractivity contribution < 1.29 is 37.7 Å². The Morgan fingerprint density at radius 1 is 1.01 bits per heavy atom. The quantitative estimate of drug-likeness (QED) is 0.0559. The molecule has 4 fully saturated rings. The van der Waals surface area contributed by atoms with Crippen molar-refractivity contribution in [2.24, 2.45) is 5.41 Å². The zero-order valence-electron chi connectivity index (χ0n) is 46.0. The fourth-order valence-corrected chi connectivity index (χ4v) is 13.0. The number of benzene rings is 3. The minimum absolute atomic E-state index is 0. The normalized spacial score (nSPS) is 20.1. The number of fused-ring (bicyclic) bond motifs is 2. The summed E-state index contributed by atoms with van der Waals surface area (Å²) in [5.74, 6) is -0.223. The van der Waals surface area contributed by atoms with Gasteiger partial charge in [-0.3, -0.25) is 19.8 Å². The Morgan fingerprint density at radius 2 is 1.81 bits per heavy atom. The smallest absolute Gasteiger partial charge is 0.497 e. The summed E-state index contributed by atoms with van der Waals surface area (Å²) in [4.78, 5) is 49.7. The molecule has 0 radical (unpaired) electrons. The molecule has 0 bridgehead atoms. The van der Waals surface area contributed by atoms with Gasteiger partial charge in [-0.25, -0.2) is 27.5 Å². The van der Waals surface area contributed by atoms with Gasteiger partial charge in [0.2, 0.25) is 0 Å². The summed E-state index contributed by atoms with van der Waals surface area (Å²) in [6, 6.07) is 19.3. The number of pyridine rings is 1. The lowest BCUT2D eigenvalue weighted by Crippen LogP contribution is -2.68. The van der Waals surface area contributed by atoms with Crippen LogP contribution in [0.5, 0.6) is 11.5 Å². The van der Waals surface area contributed by atoms with Crippen molar-refractivity contribution in [2.75, 3.05) is 69.2 Å². The molecule has 4 N–H and O–H groups in total. The lowest BCUT2D eigenvalue weighted by Gasteiger charge is -2.63. The number of anilines is 2. The Morgan fingerprint density at radius 3 is 2.55 bits per heavy atom. The van der Waals surface area contributed by atoms with E-state index >= 15 is 4.39 Å². The van der Waals surface area contributed by atoms with Crippen LogP contribution in [0.2, 0.25) is 0 Å². The van der Waals surface area contributed by atoms with Gasteiger partial charge in [-0.15, -0.1) is 0 Å². The predicted molar refractivity (Wildman–Crippen MR) is 285 cm³/mol. The molecule has 18 nitrogen and oxygen atoms in total. The van der Waals surface area contributed by atoms with Crippen molar-refractivity contribution in [3.8, 4) is 11.5 Å². The second-order valence-electron chi connectivity index (χ2n) is 21.3. The molecule has 1 amide bonds. The Kier molecular flexibility index (Phi) is 12.9. The molecular weight excluding hydrogens is 966 g/mol. The highest BCUT2D eigenvalue weighted by atomic mass is 32.2. The first-order valence-electron chi connectivity index (χ1n) is 25.5. The molecule has 3 aromatic carbocycles. The first-order chi connectivity index (χ1) is 35.6. The number of aromatic nitrogens is 4. The second-order valence-corrected chi connectivity index (χ2v) is 22.9. The molecule has 1 atom stereocenters. The molecule has 4 aliphatic heterocycles. The highest BCUT2D eigenvalue weighted by Crippen LogP contribution is 2.54. The fraction of sp³-hybridized carbons (Fsp3) is 0.426. The fourth-order valence-electron chi connectivity index (χ4n) is 11.8. The number of halogens is 1. The van der Waals surface area contributed by atoms with Crippen molar-refractivity contribution in [3.63, 3.8) is 0 Å². The number of carbonyl (C=O) groups excluding carboxylic acids is 1. The molecule has 11 rings (SSSR count). The molecular formula is C54H66FN11O7S+4. The number of piperazine rings is 1. The van der Waals surface area contributed by atoms with Crippen molar-refractivity contribution in [3.05, 3.63) is 130 Å². The maximum absolute atomic E-state index is 16.1. The third-order valence-electron chi connectivity index (χ3n) is 15.9. The number of alkyl halides is 1. The van der Waals surface area contributed by atoms with Gasteiger partial charge in [0.1, 0.15) is 45.5 Å². The number of nitrogens with one attached hydrogen (secondary N) is 4. The number of nitro benzene ring substituents is 1. The molecule has 3 saturated heterocycles. The van der Waals surface area contributed by atoms with E-state index < -0.39 is 37.1 Å². The first-order valence-corrected chi connectivity index (χ1v) is 27.0. The van der Waals surface area contributed by atoms with E-state index in [1.165, 1.54) is 35.4 Å². The minimum Gasteiger partial charge on any atom is -0.497 e. The molecule has 1 unspecified atom stereocenters. The van der Waals surface area contributed by atoms with Gasteiger partial charge in [0.25, 0.3) is 21.6 Å². The lowest BCUT2D eigenvalue weighted by atomic mass is 9.59. The Hall–Kier alpha value is -7.03. The van der Waals surface area contributed by atoms with Crippen LogP contribution in [0.25, 0.3) is 22.1 Å². The summed E-state index contributed by atoms with van der Waals surface area (Å²) < 4.78 is 58.7. The number of likely N-dealkylation sites (tertiary alicyclic amines) is 1. The van der Waals surface area contributed by atoms with Crippen LogP contribution in [-0.4, -0.2) is 131 Å². The molecule has 6 aromatic rings. The van der Waals surface area contributed by atoms with E-state index in [-0.39, 0.29) is 70.6 Å². The summed E-state index contributed by atoms with van der Waals surface area (Å²) in [5, 5.41) is 16.3. The minimum atomic E-state index is -4.83. The number of hydrogen-bond acceptors (Lipinski definition) is 14. The Balaban J connectivity index is 0.00000220. The molecule has 388 valence electrons. The van der Waals surface area contributed by atoms with Crippen LogP contribution < -0.4 is 19.7 Å². The van der Waals surface area contributed by atoms with Gasteiger partial charge in [0, 0.05) is 105 Å². The summed E-state index contributed by atoms with van der Waals surface area (Å²) in [6.45, 7) is 14.4. The Bertz CT molecular complexity index is 3320. The third kappa shape index (κ3) is 9.42. The number of piperidine rings is 1. The van der Waals surface area contributed by atoms with Gasteiger partial charge < -0.3 is 39.5 Å². The van der Waals surface area contributed by atoms with Gasteiger partial charge in [-0.1, -0.05) is 38.1 Å². The third-order valence-corrected chi connectivity index (χ3v) is 17.2. The van der Waals surface area contributed by atoms with Crippen molar-refractivity contribution in [2.45, 2.75) is 88.0 Å². The van der Waals surface area contributed by atoms with Crippen LogP contribution in [0.15, 0.2) is 108 Å². The number of carbonyl (C=O) groups is 1. The number of rotatable bonds is 15. The van der Waals surface area contributed by atoms with E-state index in [1.807, 2.05) is 19.9 Å². The molecule has 20 heteroatoms. The van der Waals surface area contributed by atoms with Crippen molar-refractivity contribution >= 4 is 55.1 Å². The predicted octanol–water partition coefficient (Wildman–Crippen LogP) is 9.21. The number of amides is 1. The SMILES string of the molecule is CC(C)c1ccccc1C1CN(C2=CCOC=C2)CCN1C1CC2(C1)CN(c1ccc(C(=O)NS(=O)(=O)c3cc([N+](=O)[O-])c(NCC4(F)CCN(C(C)C)CC4)c4[nH]cnc34)c(Oc3cnc4[nH]ccc4c3)c1)C2.[H+].[H+].[H+].[H+]. The zero-order chi connectivity index (χ0) is 51.5. The van der Waals surface area contributed by atoms with Gasteiger partial charge in [-0.2, -0.15) is 0 Å². The number of ether oxygens (including phenoxy) is 2. The molecule has 5 aliphatic rings. The van der Waals surface area contributed by atoms with E-state index in [0.717, 1.165) is 62.7 Å². The van der Waals surface area contributed by atoms with E-state index in [9.17, 15) is 23.3 Å². The van der Waals surface area contributed by atoms with Crippen LogP contribution in [0.1, 0.15) is 92.5 Å². The van der Waals surface area contributed by atoms with Gasteiger partial charge >= 0.3 is 5.71 Å². The average Bonchev–Trinajstić information content (AvgIpc) is 4.12. The summed E-state index contributed by atoms with van der Waals surface area (Å²) in [7, 11) is -4.83. The zero-order valence-corrected chi connectivity index (χ0v) is 42.8. The van der Waals surface area contributed by atoms with Crippen molar-refractivity contribution in [1.82, 2.24) is 39.4 Å². The average molecular weight is 1030 g/mol. The number of imidazole rings is 1. The maximum Gasteiger partial charge on any atom is 1.00 e. The van der Waals surface area contributed by atoms with Gasteiger partial charge in [0.15, 0.2) is 0 Å². The maximum atomic E-state index is 16.1. The summed E-state index contributed by atoms with van der Waals surface area (Å²) in [6.07, 6.45) is 13.0. The van der Waals surface area contributed by atoms with E-state index in [1.54, 1.807) is 30.7 Å². The molecule has 3 aromatic heterocycles. The molecule has 7 heterocycles. The highest BCUT2D eigenvalue weighted by molar-refractivity contribution is 7.90. The van der Waals surface area contributed by atoms with Crippen LogP contribution in [0, 0.1) is 15.5 Å². The summed E-state index contributed by atoms with van der Waals surface area (Å²) in [5.41, 5.74) is 2.90. The molecule has 1 aliphatic carbocycles. The largest absolute Gasteiger partial charge is 1.00 e. The molecule has 1 spiro atoms. The topological polar surface area (TPSA) is 207 Å². The second kappa shape index (κ2) is 19.3. The number of sulfonamides is 1. The van der Waals surface area contributed by atoms with Crippen LogP contribution in [0.3, 0.4) is 0 Å². The van der Waals surface area contributed by atoms with E-state index in [0.29, 0.717) is 43.1 Å². The van der Waals surface area contributed by atoms with Gasteiger partial charge in [0.05, 0.1) is 40.8 Å². The van der Waals surface area contributed by atoms with E-state index in [4.69, 9.17) is 9.47 Å². The van der Waals surface area contributed by atoms with Crippen LogP contribution >= 0.6 is 0 Å². The number of hydrogen-bond donors (Lipinski definition) is 4. The van der Waals surface area contributed by atoms with Crippen molar-refractivity contribution in [1.29, 1.82) is 0 Å². The lowest BCUT2D eigenvalue weighted by molar-refractivity contribution is -0.384. The number of nitro groups is 1. The van der Waals surface area contributed by atoms with Crippen LogP contribution in [0.4, 0.5) is 21.5 Å². The van der Waals surface area contributed by atoms with Gasteiger partial charge in [-0.05, 0) is 93.0 Å². The number of H-pyrrole nitrogens is 2. The Labute approximate surface area is 435 Å². The molecule has 1 saturated carbocycles. The first kappa shape index (κ1) is 49.2. The van der Waals surface area contributed by atoms with Crippen LogP contribution in [-0.2, 0) is 14.8 Å². The number of nitrogens with zero attached hydrogens (tertiary/aromatic N) is 7. The number of allylic oxidation sites excluding steroid dienone is 1. The standard InChI is InChI=1S/C54H62FN11O7S/c1-34(2)41-7-5-6-8-42(41)45-29-63(37-12-21-72-22-13-37)19-20-65(45)39-26-53(27-39)31-64(32-53)38-9-10-43(46(24-38)73-40-23-36-11-16-56-51(36)57-28-40)52(67)61-74(70,71)47-25-44(66(68)69)48(50-49(47)59-33-60-50)58-30-54(55)14-17-62(18-15-54)35(3)4/h5-13,16,21,23-25,28,33-35,39,45,58H,14-15,17-20,22,26-27,29-32H2,1-4H3,(H,56,57)(H,59,60)(H,61,67)/p+4. The number of aromatic amines is 2.